The van der Waals surface area contributed by atoms with Crippen molar-refractivity contribution in [3.05, 3.63) is 65.2 Å². The van der Waals surface area contributed by atoms with Crippen molar-refractivity contribution in [3.8, 4) is 10.4 Å². The van der Waals surface area contributed by atoms with Crippen LogP contribution in [0.3, 0.4) is 0 Å². The topological polar surface area (TPSA) is 90.7 Å². The lowest BCUT2D eigenvalue weighted by atomic mass is 10.2. The molecule has 2 N–H and O–H groups in total. The number of alkyl halides is 3. The molecule has 146 valence electrons. The fourth-order valence-electron chi connectivity index (χ4n) is 2.39. The van der Waals surface area contributed by atoms with Crippen molar-refractivity contribution < 1.29 is 31.8 Å². The van der Waals surface area contributed by atoms with Crippen LogP contribution in [0.4, 0.5) is 24.7 Å². The lowest BCUT2D eigenvalue weighted by molar-refractivity contribution is -0.137. The number of benzene rings is 1. The SMILES string of the molecule is O=C(O)c1sc(-c2ccccc2)cc1N(c1ccc(C(F)(F)F)cn1)S(=O)O. The number of aromatic carboxylic acids is 1. The van der Waals surface area contributed by atoms with E-state index in [9.17, 15) is 31.8 Å². The standard InChI is InChI=1S/C17H11F3N2O4S2/c18-17(19,20)11-6-7-14(21-9-11)22(28(25)26)12-8-13(27-15(12)16(23)24)10-4-2-1-3-5-10/h1-9H,(H,23,24)(H,25,26). The minimum absolute atomic E-state index is 0.149. The molecule has 3 aromatic rings. The molecule has 0 aliphatic rings. The molecule has 0 aliphatic heterocycles. The van der Waals surface area contributed by atoms with Gasteiger partial charge in [0.05, 0.1) is 11.3 Å². The minimum atomic E-state index is -4.62. The molecule has 28 heavy (non-hydrogen) atoms. The normalized spacial score (nSPS) is 12.6. The summed E-state index contributed by atoms with van der Waals surface area (Å²) in [7, 11) is 0. The van der Waals surface area contributed by atoms with Gasteiger partial charge in [-0.1, -0.05) is 30.3 Å². The van der Waals surface area contributed by atoms with Crippen LogP contribution in [-0.4, -0.2) is 24.8 Å². The maximum Gasteiger partial charge on any atom is 0.417 e. The number of hydrogen-bond donors (Lipinski definition) is 2. The van der Waals surface area contributed by atoms with Gasteiger partial charge in [0.25, 0.3) is 11.3 Å². The van der Waals surface area contributed by atoms with Crippen LogP contribution in [0.5, 0.6) is 0 Å². The number of pyridine rings is 1. The van der Waals surface area contributed by atoms with E-state index in [1.807, 2.05) is 0 Å². The summed E-state index contributed by atoms with van der Waals surface area (Å²) in [6, 6.07) is 11.7. The molecule has 0 saturated carbocycles. The first-order valence-corrected chi connectivity index (χ1v) is 9.43. The van der Waals surface area contributed by atoms with E-state index in [0.717, 1.165) is 17.4 Å². The van der Waals surface area contributed by atoms with Gasteiger partial charge in [0.1, 0.15) is 10.7 Å². The van der Waals surface area contributed by atoms with Gasteiger partial charge in [-0.15, -0.1) is 11.3 Å². The molecule has 0 fully saturated rings. The monoisotopic (exact) mass is 428 g/mol. The van der Waals surface area contributed by atoms with E-state index < -0.39 is 29.0 Å². The van der Waals surface area contributed by atoms with Crippen LogP contribution < -0.4 is 4.31 Å². The molecule has 1 aromatic carbocycles. The van der Waals surface area contributed by atoms with Gasteiger partial charge in [-0.25, -0.2) is 18.3 Å². The molecule has 1 unspecified atom stereocenters. The first-order chi connectivity index (χ1) is 13.2. The molecule has 0 amide bonds. The summed E-state index contributed by atoms with van der Waals surface area (Å²) in [6.07, 6.45) is -4.11. The second kappa shape index (κ2) is 7.70. The van der Waals surface area contributed by atoms with Crippen LogP contribution in [0.2, 0.25) is 0 Å². The number of carboxylic acids is 1. The number of carboxylic acid groups (broad SMARTS) is 1. The molecule has 2 aromatic heterocycles. The smallest absolute Gasteiger partial charge is 0.417 e. The van der Waals surface area contributed by atoms with Gasteiger partial charge in [0, 0.05) is 11.1 Å². The van der Waals surface area contributed by atoms with Crippen LogP contribution in [0.25, 0.3) is 10.4 Å². The zero-order chi connectivity index (χ0) is 20.5. The Labute approximate surface area is 163 Å². The van der Waals surface area contributed by atoms with E-state index in [1.165, 1.54) is 6.07 Å². The summed E-state index contributed by atoms with van der Waals surface area (Å²) in [5, 5.41) is 9.49. The Balaban J connectivity index is 2.11. The Morgan fingerprint density at radius 3 is 2.32 bits per heavy atom. The lowest BCUT2D eigenvalue weighted by Crippen LogP contribution is -2.22. The third-order valence-electron chi connectivity index (χ3n) is 3.62. The van der Waals surface area contributed by atoms with Gasteiger partial charge >= 0.3 is 12.1 Å². The van der Waals surface area contributed by atoms with Crippen molar-refractivity contribution in [1.29, 1.82) is 0 Å². The summed E-state index contributed by atoms with van der Waals surface area (Å²) in [5.41, 5.74) is -0.497. The molecular formula is C17H11F3N2O4S2. The van der Waals surface area contributed by atoms with Gasteiger partial charge in [0.15, 0.2) is 0 Å². The van der Waals surface area contributed by atoms with E-state index in [2.05, 4.69) is 4.98 Å². The summed E-state index contributed by atoms with van der Waals surface area (Å²) in [5.74, 6) is -1.64. The van der Waals surface area contributed by atoms with Crippen LogP contribution in [-0.2, 0) is 17.4 Å². The quantitative estimate of drug-likeness (QED) is 0.570. The number of nitrogens with zero attached hydrogens (tertiary/aromatic N) is 2. The highest BCUT2D eigenvalue weighted by molar-refractivity contribution is 7.81. The Morgan fingerprint density at radius 2 is 1.82 bits per heavy atom. The van der Waals surface area contributed by atoms with Crippen LogP contribution in [0.15, 0.2) is 54.7 Å². The second-order valence-corrected chi connectivity index (χ2v) is 7.30. The number of anilines is 2. The first-order valence-electron chi connectivity index (χ1n) is 7.55. The molecule has 2 heterocycles. The third-order valence-corrected chi connectivity index (χ3v) is 5.48. The predicted molar refractivity (Wildman–Crippen MR) is 98.9 cm³/mol. The number of halogens is 3. The number of aromatic nitrogens is 1. The average Bonchev–Trinajstić information content (AvgIpc) is 3.07. The number of hydrogen-bond acceptors (Lipinski definition) is 4. The third kappa shape index (κ3) is 4.06. The Bertz CT molecular complexity index is 1020. The summed E-state index contributed by atoms with van der Waals surface area (Å²) < 4.78 is 60.4. The molecule has 0 spiro atoms. The maximum atomic E-state index is 12.7. The second-order valence-electron chi connectivity index (χ2n) is 5.42. The summed E-state index contributed by atoms with van der Waals surface area (Å²) in [6.45, 7) is 0. The maximum absolute atomic E-state index is 12.7. The van der Waals surface area contributed by atoms with Crippen molar-refractivity contribution in [3.63, 3.8) is 0 Å². The van der Waals surface area contributed by atoms with Gasteiger partial charge < -0.3 is 5.11 Å². The minimum Gasteiger partial charge on any atom is -0.477 e. The van der Waals surface area contributed by atoms with Gasteiger partial charge in [0.2, 0.25) is 0 Å². The fourth-order valence-corrected chi connectivity index (χ4v) is 4.02. The van der Waals surface area contributed by atoms with E-state index in [4.69, 9.17) is 0 Å². The average molecular weight is 428 g/mol. The zero-order valence-corrected chi connectivity index (χ0v) is 15.4. The Morgan fingerprint density at radius 1 is 1.14 bits per heavy atom. The number of thiophene rings is 1. The summed E-state index contributed by atoms with van der Waals surface area (Å²) >= 11 is -1.90. The van der Waals surface area contributed by atoms with Crippen molar-refractivity contribution in [2.24, 2.45) is 0 Å². The predicted octanol–water partition coefficient (Wildman–Crippen LogP) is 4.80. The van der Waals surface area contributed by atoms with E-state index >= 15 is 0 Å². The highest BCUT2D eigenvalue weighted by atomic mass is 32.2. The molecule has 6 nitrogen and oxygen atoms in total. The largest absolute Gasteiger partial charge is 0.477 e. The van der Waals surface area contributed by atoms with Crippen molar-refractivity contribution in [1.82, 2.24) is 4.98 Å². The zero-order valence-electron chi connectivity index (χ0n) is 13.8. The van der Waals surface area contributed by atoms with Crippen molar-refractivity contribution in [2.75, 3.05) is 4.31 Å². The molecule has 0 saturated heterocycles. The van der Waals surface area contributed by atoms with E-state index in [1.54, 1.807) is 30.3 Å². The van der Waals surface area contributed by atoms with Crippen molar-refractivity contribution >= 4 is 40.1 Å². The summed E-state index contributed by atoms with van der Waals surface area (Å²) in [4.78, 5) is 15.5. The van der Waals surface area contributed by atoms with Gasteiger partial charge in [-0.2, -0.15) is 13.2 Å². The first kappa shape index (κ1) is 20.0. The van der Waals surface area contributed by atoms with Gasteiger partial charge in [-0.3, -0.25) is 4.55 Å². The molecule has 0 bridgehead atoms. The molecule has 0 radical (unpaired) electrons. The molecule has 0 aliphatic carbocycles. The molecular weight excluding hydrogens is 417 g/mol. The highest BCUT2D eigenvalue weighted by Crippen LogP contribution is 2.40. The van der Waals surface area contributed by atoms with E-state index in [0.29, 0.717) is 27.0 Å². The Hall–Kier alpha value is -2.76. The molecule has 1 atom stereocenters. The van der Waals surface area contributed by atoms with Crippen LogP contribution in [0.1, 0.15) is 15.2 Å². The van der Waals surface area contributed by atoms with Gasteiger partial charge in [-0.05, 0) is 23.8 Å². The van der Waals surface area contributed by atoms with E-state index in [-0.39, 0.29) is 16.4 Å². The molecule has 3 rings (SSSR count). The van der Waals surface area contributed by atoms with Crippen molar-refractivity contribution in [2.45, 2.75) is 6.18 Å². The fraction of sp³-hybridized carbons (Fsp3) is 0.0588. The Kier molecular flexibility index (Phi) is 5.49. The van der Waals surface area contributed by atoms with Crippen LogP contribution >= 0.6 is 11.3 Å². The number of carbonyl (C=O) groups is 1. The lowest BCUT2D eigenvalue weighted by Gasteiger charge is -2.18. The van der Waals surface area contributed by atoms with Crippen LogP contribution in [0, 0.1) is 0 Å². The molecule has 11 heteroatoms. The highest BCUT2D eigenvalue weighted by Gasteiger charge is 2.32. The number of rotatable bonds is 5.